The minimum atomic E-state index is -0.478. The monoisotopic (exact) mass is 366 g/mol. The molecule has 1 amide bonds. The first-order chi connectivity index (χ1) is 11.6. The van der Waals surface area contributed by atoms with Crippen molar-refractivity contribution in [3.63, 3.8) is 0 Å². The average molecular weight is 367 g/mol. The van der Waals surface area contributed by atoms with Crippen LogP contribution in [0.2, 0.25) is 0 Å². The van der Waals surface area contributed by atoms with E-state index >= 15 is 0 Å². The number of nitrogens with one attached hydrogen (secondary N) is 1. The Labute approximate surface area is 154 Å². The topological polar surface area (TPSA) is 58.9 Å². The Hall–Kier alpha value is -1.60. The lowest BCUT2D eigenvalue weighted by molar-refractivity contribution is 0.0193. The summed E-state index contributed by atoms with van der Waals surface area (Å²) in [6.45, 7) is 15.8. The van der Waals surface area contributed by atoms with Crippen molar-refractivity contribution in [2.24, 2.45) is 0 Å². The molecule has 1 N–H and O–H groups in total. The van der Waals surface area contributed by atoms with Gasteiger partial charge in [0.15, 0.2) is 4.96 Å². The van der Waals surface area contributed by atoms with Crippen LogP contribution >= 0.6 is 11.3 Å². The van der Waals surface area contributed by atoms with Gasteiger partial charge in [0.25, 0.3) is 0 Å². The van der Waals surface area contributed by atoms with E-state index in [1.54, 1.807) is 16.2 Å². The van der Waals surface area contributed by atoms with Crippen LogP contribution < -0.4 is 5.32 Å². The van der Waals surface area contributed by atoms with Crippen molar-refractivity contribution in [2.45, 2.75) is 66.7 Å². The molecule has 0 aliphatic heterocycles. The zero-order valence-corrected chi connectivity index (χ0v) is 17.2. The van der Waals surface area contributed by atoms with Crippen molar-refractivity contribution in [1.82, 2.24) is 19.6 Å². The van der Waals surface area contributed by atoms with Crippen molar-refractivity contribution in [2.75, 3.05) is 13.1 Å². The number of imidazole rings is 1. The molecule has 0 radical (unpaired) electrons. The van der Waals surface area contributed by atoms with Crippen LogP contribution in [-0.2, 0) is 11.3 Å². The molecule has 0 aliphatic carbocycles. The molecule has 6 nitrogen and oxygen atoms in total. The Morgan fingerprint density at radius 2 is 2.08 bits per heavy atom. The summed E-state index contributed by atoms with van der Waals surface area (Å²) in [6.07, 6.45) is -0.263. The van der Waals surface area contributed by atoms with Crippen LogP contribution in [-0.4, -0.2) is 45.1 Å². The highest BCUT2D eigenvalue weighted by molar-refractivity contribution is 7.15. The van der Waals surface area contributed by atoms with E-state index in [2.05, 4.69) is 27.0 Å². The number of hydrogen-bond acceptors (Lipinski definition) is 5. The van der Waals surface area contributed by atoms with E-state index in [0.717, 1.165) is 17.2 Å². The smallest absolute Gasteiger partial charge is 0.410 e. The molecule has 0 aliphatic rings. The lowest BCUT2D eigenvalue weighted by Crippen LogP contribution is -2.44. The van der Waals surface area contributed by atoms with Crippen LogP contribution in [0.5, 0.6) is 0 Å². The van der Waals surface area contributed by atoms with Gasteiger partial charge in [-0.15, -0.1) is 11.3 Å². The molecule has 2 heterocycles. The van der Waals surface area contributed by atoms with Crippen molar-refractivity contribution in [1.29, 1.82) is 0 Å². The van der Waals surface area contributed by atoms with E-state index in [0.29, 0.717) is 13.1 Å². The van der Waals surface area contributed by atoms with Gasteiger partial charge in [-0.25, -0.2) is 9.78 Å². The third-order valence-electron chi connectivity index (χ3n) is 3.90. The predicted octanol–water partition coefficient (Wildman–Crippen LogP) is 3.75. The van der Waals surface area contributed by atoms with Crippen molar-refractivity contribution in [3.8, 4) is 0 Å². The van der Waals surface area contributed by atoms with Crippen LogP contribution in [0.25, 0.3) is 4.96 Å². The van der Waals surface area contributed by atoms with Gasteiger partial charge in [-0.3, -0.25) is 4.40 Å². The van der Waals surface area contributed by atoms with Crippen LogP contribution in [0.4, 0.5) is 4.79 Å². The number of amides is 1. The van der Waals surface area contributed by atoms with E-state index in [1.165, 1.54) is 11.4 Å². The Balaban J connectivity index is 1.93. The highest BCUT2D eigenvalue weighted by Gasteiger charge is 2.23. The number of aryl methyl sites for hydroxylation is 2. The Kier molecular flexibility index (Phi) is 6.11. The maximum Gasteiger partial charge on any atom is 0.410 e. The molecule has 0 saturated heterocycles. The van der Waals surface area contributed by atoms with Gasteiger partial charge in [-0.05, 0) is 48.5 Å². The lowest BCUT2D eigenvalue weighted by atomic mass is 10.2. The molecule has 2 aromatic rings. The number of nitrogens with zero attached hydrogens (tertiary/aromatic N) is 3. The summed E-state index contributed by atoms with van der Waals surface area (Å²) in [4.78, 5) is 19.7. The van der Waals surface area contributed by atoms with Crippen molar-refractivity contribution < 1.29 is 9.53 Å². The quantitative estimate of drug-likeness (QED) is 0.791. The molecule has 0 atom stereocenters. The Morgan fingerprint density at radius 3 is 2.68 bits per heavy atom. The number of rotatable bonds is 6. The van der Waals surface area contributed by atoms with Gasteiger partial charge in [0, 0.05) is 36.8 Å². The number of hydrogen-bond donors (Lipinski definition) is 1. The maximum atomic E-state index is 12.3. The van der Waals surface area contributed by atoms with Gasteiger partial charge >= 0.3 is 6.09 Å². The van der Waals surface area contributed by atoms with Crippen molar-refractivity contribution in [3.05, 3.63) is 22.5 Å². The fourth-order valence-corrected chi connectivity index (χ4v) is 3.59. The fourth-order valence-electron chi connectivity index (χ4n) is 2.66. The average Bonchev–Trinajstić information content (AvgIpc) is 2.96. The standard InChI is InChI=1S/C18H30N4O2S/c1-12(2)21(17(23)24-18(5,6)7)9-8-19-10-15-14(4)20-16-22(15)13(3)11-25-16/h11-12,19H,8-10H2,1-7H3. The SMILES string of the molecule is Cc1nc2scc(C)n2c1CNCCN(C(=O)OC(C)(C)C)C(C)C. The number of ether oxygens (including phenoxy) is 1. The number of carbonyl (C=O) groups excluding carboxylic acids is 1. The molecule has 0 spiro atoms. The number of fused-ring (bicyclic) bond motifs is 1. The summed E-state index contributed by atoms with van der Waals surface area (Å²) in [5, 5.41) is 5.55. The second-order valence-corrected chi connectivity index (χ2v) is 8.42. The molecular formula is C18H30N4O2S. The fraction of sp³-hybridized carbons (Fsp3) is 0.667. The van der Waals surface area contributed by atoms with Gasteiger partial charge in [0.1, 0.15) is 5.60 Å². The summed E-state index contributed by atoms with van der Waals surface area (Å²) in [7, 11) is 0. The molecule has 0 aromatic carbocycles. The summed E-state index contributed by atoms with van der Waals surface area (Å²) in [6, 6.07) is 0.0965. The second-order valence-electron chi connectivity index (χ2n) is 7.58. The lowest BCUT2D eigenvalue weighted by Gasteiger charge is -2.30. The first-order valence-electron chi connectivity index (χ1n) is 8.72. The number of aromatic nitrogens is 2. The Bertz CT molecular complexity index is 727. The minimum Gasteiger partial charge on any atom is -0.444 e. The van der Waals surface area contributed by atoms with E-state index in [1.807, 2.05) is 41.5 Å². The third-order valence-corrected chi connectivity index (χ3v) is 4.85. The van der Waals surface area contributed by atoms with Gasteiger partial charge < -0.3 is 15.0 Å². The van der Waals surface area contributed by atoms with Crippen LogP contribution in [0.15, 0.2) is 5.38 Å². The summed E-state index contributed by atoms with van der Waals surface area (Å²) in [5.41, 5.74) is 2.96. The summed E-state index contributed by atoms with van der Waals surface area (Å²) >= 11 is 1.66. The highest BCUT2D eigenvalue weighted by Crippen LogP contribution is 2.20. The predicted molar refractivity (Wildman–Crippen MR) is 102 cm³/mol. The molecule has 25 heavy (non-hydrogen) atoms. The second kappa shape index (κ2) is 7.74. The van der Waals surface area contributed by atoms with E-state index in [-0.39, 0.29) is 12.1 Å². The molecule has 2 rings (SSSR count). The summed E-state index contributed by atoms with van der Waals surface area (Å²) < 4.78 is 7.69. The van der Waals surface area contributed by atoms with E-state index < -0.39 is 5.60 Å². The molecule has 0 bridgehead atoms. The third kappa shape index (κ3) is 4.95. The zero-order valence-electron chi connectivity index (χ0n) is 16.3. The highest BCUT2D eigenvalue weighted by atomic mass is 32.1. The van der Waals surface area contributed by atoms with Gasteiger partial charge in [0.05, 0.1) is 11.4 Å². The number of carbonyl (C=O) groups is 1. The van der Waals surface area contributed by atoms with Crippen LogP contribution in [0.1, 0.15) is 51.7 Å². The molecule has 140 valence electrons. The molecule has 0 saturated carbocycles. The minimum absolute atomic E-state index is 0.0965. The van der Waals surface area contributed by atoms with Gasteiger partial charge in [0.2, 0.25) is 0 Å². The van der Waals surface area contributed by atoms with E-state index in [4.69, 9.17) is 4.74 Å². The molecular weight excluding hydrogens is 336 g/mol. The zero-order chi connectivity index (χ0) is 18.8. The normalized spacial score (nSPS) is 12.2. The van der Waals surface area contributed by atoms with Crippen LogP contribution in [0, 0.1) is 13.8 Å². The van der Waals surface area contributed by atoms with E-state index in [9.17, 15) is 4.79 Å². The Morgan fingerprint density at radius 1 is 1.40 bits per heavy atom. The van der Waals surface area contributed by atoms with Gasteiger partial charge in [-0.1, -0.05) is 0 Å². The van der Waals surface area contributed by atoms with Crippen molar-refractivity contribution >= 4 is 22.4 Å². The van der Waals surface area contributed by atoms with Gasteiger partial charge in [-0.2, -0.15) is 0 Å². The first kappa shape index (κ1) is 19.7. The molecule has 2 aromatic heterocycles. The molecule has 7 heteroatoms. The largest absolute Gasteiger partial charge is 0.444 e. The summed E-state index contributed by atoms with van der Waals surface area (Å²) in [5.74, 6) is 0. The first-order valence-corrected chi connectivity index (χ1v) is 9.60. The molecule has 0 fully saturated rings. The number of thiazole rings is 1. The molecule has 0 unspecified atom stereocenters. The maximum absolute atomic E-state index is 12.3. The van der Waals surface area contributed by atoms with Crippen LogP contribution in [0.3, 0.4) is 0 Å².